The molecule has 0 bridgehead atoms. The maximum absolute atomic E-state index is 10.3. The predicted molar refractivity (Wildman–Crippen MR) is 84.7 cm³/mol. The first kappa shape index (κ1) is 15.5. The van der Waals surface area contributed by atoms with Gasteiger partial charge in [0.2, 0.25) is 0 Å². The first-order valence-electron chi connectivity index (χ1n) is 8.14. The predicted octanol–water partition coefficient (Wildman–Crippen LogP) is 4.01. The zero-order valence-electron chi connectivity index (χ0n) is 13.0. The van der Waals surface area contributed by atoms with E-state index in [2.05, 4.69) is 18.7 Å². The molecule has 1 aromatic carbocycles. The standard InChI is InChI=1S/C18H29NO/c1-15(2)14-19(17-10-6-7-11-17)13-12-18(20)16-8-4-3-5-9-16/h3-5,8-9,15,17-18,20H,6-7,10-14H2,1-2H3. The summed E-state index contributed by atoms with van der Waals surface area (Å²) in [6.45, 7) is 6.75. The second kappa shape index (κ2) is 7.80. The molecule has 1 aromatic rings. The summed E-state index contributed by atoms with van der Waals surface area (Å²) in [5.41, 5.74) is 1.04. The lowest BCUT2D eigenvalue weighted by Crippen LogP contribution is -2.37. The number of aliphatic hydroxyl groups is 1. The zero-order chi connectivity index (χ0) is 14.4. The smallest absolute Gasteiger partial charge is 0.0802 e. The van der Waals surface area contributed by atoms with Gasteiger partial charge in [0.15, 0.2) is 0 Å². The molecule has 2 rings (SSSR count). The molecule has 1 fully saturated rings. The molecular formula is C18H29NO. The SMILES string of the molecule is CC(C)CN(CCC(O)c1ccccc1)C1CCCC1. The highest BCUT2D eigenvalue weighted by molar-refractivity contribution is 5.17. The minimum absolute atomic E-state index is 0.327. The van der Waals surface area contributed by atoms with Gasteiger partial charge in [0.05, 0.1) is 6.10 Å². The van der Waals surface area contributed by atoms with Crippen molar-refractivity contribution < 1.29 is 5.11 Å². The Balaban J connectivity index is 1.87. The average molecular weight is 275 g/mol. The van der Waals surface area contributed by atoms with E-state index in [9.17, 15) is 5.11 Å². The van der Waals surface area contributed by atoms with Crippen molar-refractivity contribution in [3.05, 3.63) is 35.9 Å². The van der Waals surface area contributed by atoms with E-state index in [0.29, 0.717) is 5.92 Å². The van der Waals surface area contributed by atoms with Crippen LogP contribution < -0.4 is 0 Å². The van der Waals surface area contributed by atoms with Crippen molar-refractivity contribution in [1.29, 1.82) is 0 Å². The lowest BCUT2D eigenvalue weighted by molar-refractivity contribution is 0.116. The van der Waals surface area contributed by atoms with Crippen LogP contribution in [-0.2, 0) is 0 Å². The molecule has 2 heteroatoms. The zero-order valence-corrected chi connectivity index (χ0v) is 13.0. The van der Waals surface area contributed by atoms with Gasteiger partial charge >= 0.3 is 0 Å². The minimum atomic E-state index is -0.327. The summed E-state index contributed by atoms with van der Waals surface area (Å²) in [6.07, 6.45) is 5.95. The molecule has 1 atom stereocenters. The molecule has 0 amide bonds. The molecular weight excluding hydrogens is 246 g/mol. The van der Waals surface area contributed by atoms with Gasteiger partial charge < -0.3 is 10.0 Å². The first-order valence-corrected chi connectivity index (χ1v) is 8.14. The maximum Gasteiger partial charge on any atom is 0.0802 e. The molecule has 0 aromatic heterocycles. The Kier molecular flexibility index (Phi) is 6.06. The molecule has 112 valence electrons. The van der Waals surface area contributed by atoms with Crippen molar-refractivity contribution >= 4 is 0 Å². The number of benzene rings is 1. The molecule has 1 aliphatic carbocycles. The van der Waals surface area contributed by atoms with Crippen LogP contribution in [0.2, 0.25) is 0 Å². The summed E-state index contributed by atoms with van der Waals surface area (Å²) in [5.74, 6) is 0.699. The topological polar surface area (TPSA) is 23.5 Å². The second-order valence-electron chi connectivity index (χ2n) is 6.54. The van der Waals surface area contributed by atoms with Crippen LogP contribution in [-0.4, -0.2) is 29.1 Å². The van der Waals surface area contributed by atoms with Crippen LogP contribution in [0.15, 0.2) is 30.3 Å². The van der Waals surface area contributed by atoms with Crippen LogP contribution in [0.25, 0.3) is 0 Å². The summed E-state index contributed by atoms with van der Waals surface area (Å²) in [7, 11) is 0. The Morgan fingerprint density at radius 3 is 2.40 bits per heavy atom. The van der Waals surface area contributed by atoms with Gasteiger partial charge in [-0.05, 0) is 30.7 Å². The Hall–Kier alpha value is -0.860. The van der Waals surface area contributed by atoms with Crippen molar-refractivity contribution in [2.45, 2.75) is 58.1 Å². The van der Waals surface area contributed by atoms with E-state index >= 15 is 0 Å². The van der Waals surface area contributed by atoms with Crippen LogP contribution in [0.5, 0.6) is 0 Å². The summed E-state index contributed by atoms with van der Waals surface area (Å²) in [5, 5.41) is 10.3. The number of aliphatic hydroxyl groups excluding tert-OH is 1. The molecule has 0 aliphatic heterocycles. The highest BCUT2D eigenvalue weighted by Crippen LogP contribution is 2.26. The van der Waals surface area contributed by atoms with Gasteiger partial charge in [-0.1, -0.05) is 57.0 Å². The second-order valence-corrected chi connectivity index (χ2v) is 6.54. The number of hydrogen-bond acceptors (Lipinski definition) is 2. The highest BCUT2D eigenvalue weighted by atomic mass is 16.3. The van der Waals surface area contributed by atoms with E-state index in [1.807, 2.05) is 30.3 Å². The van der Waals surface area contributed by atoms with Gasteiger partial charge in [0, 0.05) is 19.1 Å². The number of hydrogen-bond donors (Lipinski definition) is 1. The summed E-state index contributed by atoms with van der Waals surface area (Å²) >= 11 is 0. The van der Waals surface area contributed by atoms with Gasteiger partial charge in [-0.3, -0.25) is 0 Å². The number of rotatable bonds is 7. The van der Waals surface area contributed by atoms with Crippen molar-refractivity contribution in [2.24, 2.45) is 5.92 Å². The van der Waals surface area contributed by atoms with Crippen LogP contribution in [0, 0.1) is 5.92 Å². The van der Waals surface area contributed by atoms with Crippen LogP contribution >= 0.6 is 0 Å². The Morgan fingerprint density at radius 2 is 1.80 bits per heavy atom. The molecule has 0 radical (unpaired) electrons. The van der Waals surface area contributed by atoms with Crippen molar-refractivity contribution in [3.63, 3.8) is 0 Å². The molecule has 0 spiro atoms. The van der Waals surface area contributed by atoms with Crippen LogP contribution in [0.4, 0.5) is 0 Å². The molecule has 1 aliphatic rings. The monoisotopic (exact) mass is 275 g/mol. The fraction of sp³-hybridized carbons (Fsp3) is 0.667. The third-order valence-electron chi connectivity index (χ3n) is 4.31. The summed E-state index contributed by atoms with van der Waals surface area (Å²) in [6, 6.07) is 10.8. The third-order valence-corrected chi connectivity index (χ3v) is 4.31. The summed E-state index contributed by atoms with van der Waals surface area (Å²) in [4.78, 5) is 2.61. The van der Waals surface area contributed by atoms with Gasteiger partial charge in [-0.15, -0.1) is 0 Å². The van der Waals surface area contributed by atoms with Crippen molar-refractivity contribution in [2.75, 3.05) is 13.1 Å². The van der Waals surface area contributed by atoms with E-state index in [1.165, 1.54) is 25.7 Å². The normalized spacial score (nSPS) is 18.1. The van der Waals surface area contributed by atoms with Crippen LogP contribution in [0.3, 0.4) is 0 Å². The molecule has 1 N–H and O–H groups in total. The highest BCUT2D eigenvalue weighted by Gasteiger charge is 2.23. The van der Waals surface area contributed by atoms with E-state index < -0.39 is 0 Å². The van der Waals surface area contributed by atoms with Gasteiger partial charge in [-0.25, -0.2) is 0 Å². The fourth-order valence-corrected chi connectivity index (χ4v) is 3.29. The molecule has 1 saturated carbocycles. The first-order chi connectivity index (χ1) is 9.66. The summed E-state index contributed by atoms with van der Waals surface area (Å²) < 4.78 is 0. The lowest BCUT2D eigenvalue weighted by atomic mass is 10.0. The fourth-order valence-electron chi connectivity index (χ4n) is 3.29. The quantitative estimate of drug-likeness (QED) is 0.812. The number of nitrogens with zero attached hydrogens (tertiary/aromatic N) is 1. The molecule has 2 nitrogen and oxygen atoms in total. The van der Waals surface area contributed by atoms with Gasteiger partial charge in [-0.2, -0.15) is 0 Å². The Labute approximate surface area is 123 Å². The van der Waals surface area contributed by atoms with E-state index in [0.717, 1.165) is 31.1 Å². The van der Waals surface area contributed by atoms with E-state index in [4.69, 9.17) is 0 Å². The maximum atomic E-state index is 10.3. The molecule has 20 heavy (non-hydrogen) atoms. The van der Waals surface area contributed by atoms with Crippen molar-refractivity contribution in [3.8, 4) is 0 Å². The van der Waals surface area contributed by atoms with Crippen molar-refractivity contribution in [1.82, 2.24) is 4.90 Å². The third kappa shape index (κ3) is 4.60. The molecule has 0 heterocycles. The molecule has 0 saturated heterocycles. The molecule has 1 unspecified atom stereocenters. The Bertz CT molecular complexity index is 370. The van der Waals surface area contributed by atoms with Gasteiger partial charge in [0.25, 0.3) is 0 Å². The van der Waals surface area contributed by atoms with Crippen LogP contribution in [0.1, 0.15) is 57.6 Å². The van der Waals surface area contributed by atoms with E-state index in [1.54, 1.807) is 0 Å². The average Bonchev–Trinajstić information content (AvgIpc) is 2.97. The lowest BCUT2D eigenvalue weighted by Gasteiger charge is -2.31. The Morgan fingerprint density at radius 1 is 1.15 bits per heavy atom. The van der Waals surface area contributed by atoms with E-state index in [-0.39, 0.29) is 6.10 Å². The minimum Gasteiger partial charge on any atom is -0.388 e. The van der Waals surface area contributed by atoms with Gasteiger partial charge in [0.1, 0.15) is 0 Å². The largest absolute Gasteiger partial charge is 0.388 e.